The predicted octanol–water partition coefficient (Wildman–Crippen LogP) is 2.55. The molecule has 1 saturated heterocycles. The second-order valence-electron chi connectivity index (χ2n) is 6.18. The molecule has 0 unspecified atom stereocenters. The van der Waals surface area contributed by atoms with Crippen molar-refractivity contribution in [1.29, 1.82) is 0 Å². The van der Waals surface area contributed by atoms with Gasteiger partial charge in [-0.25, -0.2) is 4.98 Å². The van der Waals surface area contributed by atoms with Crippen molar-refractivity contribution in [3.63, 3.8) is 0 Å². The zero-order chi connectivity index (χ0) is 17.9. The second-order valence-corrected chi connectivity index (χ2v) is 6.18. The van der Waals surface area contributed by atoms with E-state index < -0.39 is 12.0 Å². The third-order valence-electron chi connectivity index (χ3n) is 4.56. The topological polar surface area (TPSA) is 64.1 Å². The first-order chi connectivity index (χ1) is 12.5. The number of halogens is 3. The Morgan fingerprint density at radius 3 is 2.62 bits per heavy atom. The Kier molecular flexibility index (Phi) is 3.00. The van der Waals surface area contributed by atoms with E-state index in [4.69, 9.17) is 0 Å². The van der Waals surface area contributed by atoms with Crippen LogP contribution in [0.4, 0.5) is 19.0 Å². The molecule has 1 aliphatic rings. The Labute approximate surface area is 144 Å². The average Bonchev–Trinajstić information content (AvgIpc) is 3.17. The second kappa shape index (κ2) is 5.16. The third kappa shape index (κ3) is 2.21. The smallest absolute Gasteiger partial charge is 0.351 e. The number of fused-ring (bicyclic) bond motifs is 2. The first kappa shape index (κ1) is 15.1. The fourth-order valence-corrected chi connectivity index (χ4v) is 3.21. The highest BCUT2D eigenvalue weighted by Crippen LogP contribution is 2.31. The third-order valence-corrected chi connectivity index (χ3v) is 4.56. The van der Waals surface area contributed by atoms with Crippen LogP contribution < -0.4 is 4.90 Å². The molecule has 1 aliphatic heterocycles. The standard InChI is InChI=1S/C16H12F3N7/c17-16(18,19)15-22-21-13-5-6-14(23-26(13)15)24-7-10(8-24)25-9-20-11-3-1-2-4-12(11)25/h1-6,9-10H,7-8H2. The minimum absolute atomic E-state index is 0.0683. The number of alkyl halides is 3. The van der Waals surface area contributed by atoms with Gasteiger partial charge >= 0.3 is 6.18 Å². The summed E-state index contributed by atoms with van der Waals surface area (Å²) in [4.78, 5) is 6.29. The molecule has 0 saturated carbocycles. The van der Waals surface area contributed by atoms with Crippen molar-refractivity contribution >= 4 is 22.5 Å². The number of rotatable bonds is 2. The van der Waals surface area contributed by atoms with Crippen LogP contribution in [0, 0.1) is 0 Å². The molecule has 3 aromatic heterocycles. The van der Waals surface area contributed by atoms with Crippen molar-refractivity contribution < 1.29 is 13.2 Å². The number of anilines is 1. The molecule has 4 heterocycles. The molecular weight excluding hydrogens is 347 g/mol. The molecule has 0 spiro atoms. The normalized spacial score (nSPS) is 15.7. The van der Waals surface area contributed by atoms with Crippen molar-refractivity contribution in [1.82, 2.24) is 29.4 Å². The van der Waals surface area contributed by atoms with E-state index >= 15 is 0 Å². The van der Waals surface area contributed by atoms with E-state index in [1.165, 1.54) is 6.07 Å². The fourth-order valence-electron chi connectivity index (χ4n) is 3.21. The van der Waals surface area contributed by atoms with Crippen molar-refractivity contribution in [3.8, 4) is 0 Å². The Balaban J connectivity index is 1.42. The summed E-state index contributed by atoms with van der Waals surface area (Å²) in [6.07, 6.45) is -2.80. The lowest BCUT2D eigenvalue weighted by Crippen LogP contribution is -2.48. The van der Waals surface area contributed by atoms with Gasteiger partial charge in [-0.3, -0.25) is 0 Å². The van der Waals surface area contributed by atoms with Crippen LogP contribution in [0.15, 0.2) is 42.7 Å². The van der Waals surface area contributed by atoms with Gasteiger partial charge in [-0.05, 0) is 24.3 Å². The van der Waals surface area contributed by atoms with Crippen LogP contribution in [0.2, 0.25) is 0 Å². The molecule has 4 aromatic rings. The summed E-state index contributed by atoms with van der Waals surface area (Å²) < 4.78 is 41.8. The van der Waals surface area contributed by atoms with Crippen molar-refractivity contribution in [2.45, 2.75) is 12.2 Å². The Morgan fingerprint density at radius 1 is 1.00 bits per heavy atom. The lowest BCUT2D eigenvalue weighted by atomic mass is 10.1. The summed E-state index contributed by atoms with van der Waals surface area (Å²) >= 11 is 0. The number of para-hydroxylation sites is 2. The van der Waals surface area contributed by atoms with Crippen LogP contribution in [-0.2, 0) is 6.18 Å². The molecule has 132 valence electrons. The first-order valence-corrected chi connectivity index (χ1v) is 7.97. The highest BCUT2D eigenvalue weighted by molar-refractivity contribution is 5.75. The van der Waals surface area contributed by atoms with E-state index in [2.05, 4.69) is 24.8 Å². The Morgan fingerprint density at radius 2 is 1.81 bits per heavy atom. The highest BCUT2D eigenvalue weighted by Gasteiger charge is 2.38. The van der Waals surface area contributed by atoms with Crippen LogP contribution in [0.5, 0.6) is 0 Å². The summed E-state index contributed by atoms with van der Waals surface area (Å²) in [6, 6.07) is 11.2. The largest absolute Gasteiger partial charge is 0.453 e. The summed E-state index contributed by atoms with van der Waals surface area (Å²) in [7, 11) is 0. The molecule has 7 nitrogen and oxygen atoms in total. The zero-order valence-corrected chi connectivity index (χ0v) is 13.3. The van der Waals surface area contributed by atoms with Crippen LogP contribution in [0.3, 0.4) is 0 Å². The van der Waals surface area contributed by atoms with Gasteiger partial charge in [-0.15, -0.1) is 15.3 Å². The van der Waals surface area contributed by atoms with Crippen molar-refractivity contribution in [2.24, 2.45) is 0 Å². The van der Waals surface area contributed by atoms with Gasteiger partial charge in [0.1, 0.15) is 5.82 Å². The van der Waals surface area contributed by atoms with Gasteiger partial charge in [0, 0.05) is 13.1 Å². The molecule has 0 N–H and O–H groups in total. The van der Waals surface area contributed by atoms with Gasteiger partial charge in [-0.1, -0.05) is 12.1 Å². The molecule has 0 bridgehead atoms. The minimum atomic E-state index is -4.60. The quantitative estimate of drug-likeness (QED) is 0.550. The van der Waals surface area contributed by atoms with E-state index in [1.807, 2.05) is 29.2 Å². The maximum atomic E-state index is 13.0. The minimum Gasteiger partial charge on any atom is -0.351 e. The van der Waals surface area contributed by atoms with Gasteiger partial charge in [0.25, 0.3) is 5.82 Å². The van der Waals surface area contributed by atoms with E-state index in [-0.39, 0.29) is 11.7 Å². The number of hydrogen-bond acceptors (Lipinski definition) is 5. The molecule has 0 radical (unpaired) electrons. The molecule has 0 aliphatic carbocycles. The SMILES string of the molecule is FC(F)(F)c1nnc2ccc(N3CC(n4cnc5ccccc54)C3)nn12. The van der Waals surface area contributed by atoms with E-state index in [0.717, 1.165) is 15.5 Å². The maximum absolute atomic E-state index is 13.0. The van der Waals surface area contributed by atoms with Crippen LogP contribution >= 0.6 is 0 Å². The van der Waals surface area contributed by atoms with Gasteiger partial charge in [0.2, 0.25) is 0 Å². The lowest BCUT2D eigenvalue weighted by molar-refractivity contribution is -0.146. The van der Waals surface area contributed by atoms with Crippen molar-refractivity contribution in [2.75, 3.05) is 18.0 Å². The number of hydrogen-bond donors (Lipinski definition) is 0. The molecule has 0 atom stereocenters. The van der Waals surface area contributed by atoms with Crippen molar-refractivity contribution in [3.05, 3.63) is 48.5 Å². The maximum Gasteiger partial charge on any atom is 0.453 e. The highest BCUT2D eigenvalue weighted by atomic mass is 19.4. The molecule has 1 aromatic carbocycles. The van der Waals surface area contributed by atoms with Crippen LogP contribution in [0.25, 0.3) is 16.7 Å². The van der Waals surface area contributed by atoms with E-state index in [1.54, 1.807) is 12.4 Å². The van der Waals surface area contributed by atoms with Crippen LogP contribution in [0.1, 0.15) is 11.9 Å². The molecule has 10 heteroatoms. The summed E-state index contributed by atoms with van der Waals surface area (Å²) in [5, 5.41) is 10.8. The van der Waals surface area contributed by atoms with Gasteiger partial charge < -0.3 is 9.47 Å². The summed E-state index contributed by atoms with van der Waals surface area (Å²) in [6.45, 7) is 1.28. The van der Waals surface area contributed by atoms with Gasteiger partial charge in [-0.2, -0.15) is 17.7 Å². The van der Waals surface area contributed by atoms with E-state index in [0.29, 0.717) is 18.9 Å². The van der Waals surface area contributed by atoms with Gasteiger partial charge in [0.15, 0.2) is 5.65 Å². The Hall–Kier alpha value is -3.17. The van der Waals surface area contributed by atoms with Crippen LogP contribution in [-0.4, -0.2) is 42.5 Å². The summed E-state index contributed by atoms with van der Waals surface area (Å²) in [5.41, 5.74) is 2.03. The monoisotopic (exact) mass is 359 g/mol. The first-order valence-electron chi connectivity index (χ1n) is 7.97. The fraction of sp³-hybridized carbons (Fsp3) is 0.250. The number of benzene rings is 1. The Bertz CT molecular complexity index is 1110. The van der Waals surface area contributed by atoms with E-state index in [9.17, 15) is 13.2 Å². The lowest BCUT2D eigenvalue weighted by Gasteiger charge is -2.40. The summed E-state index contributed by atoms with van der Waals surface area (Å²) in [5.74, 6) is -0.657. The number of aromatic nitrogens is 6. The number of nitrogens with zero attached hydrogens (tertiary/aromatic N) is 7. The molecule has 0 amide bonds. The molecule has 1 fully saturated rings. The predicted molar refractivity (Wildman–Crippen MR) is 86.8 cm³/mol. The molecule has 26 heavy (non-hydrogen) atoms. The molecule has 5 rings (SSSR count). The average molecular weight is 359 g/mol. The van der Waals surface area contributed by atoms with Gasteiger partial charge in [0.05, 0.1) is 23.4 Å². The zero-order valence-electron chi connectivity index (χ0n) is 13.3. The number of imidazole rings is 1. The molecular formula is C16H12F3N7.